The molecule has 2 heterocycles. The number of hydrogen-bond acceptors (Lipinski definition) is 6. The molecule has 0 saturated carbocycles. The topological polar surface area (TPSA) is 104 Å². The van der Waals surface area contributed by atoms with E-state index in [1.165, 1.54) is 10.9 Å². The van der Waals surface area contributed by atoms with Crippen LogP contribution in [0, 0.1) is 12.8 Å². The SMILES string of the molecule is Cc1c(C(N)=O)sc2ncn(CC(=O)OCC(C)C)c(=O)c12. The highest BCUT2D eigenvalue weighted by Crippen LogP contribution is 2.26. The van der Waals surface area contributed by atoms with Crippen molar-refractivity contribution in [2.75, 3.05) is 6.61 Å². The minimum Gasteiger partial charge on any atom is -0.464 e. The van der Waals surface area contributed by atoms with Crippen LogP contribution in [-0.4, -0.2) is 28.0 Å². The Kier molecular flexibility index (Phi) is 4.60. The van der Waals surface area contributed by atoms with Crippen LogP contribution in [0.4, 0.5) is 0 Å². The molecule has 0 aromatic carbocycles. The number of ether oxygens (including phenoxy) is 1. The Hall–Kier alpha value is -2.22. The maximum absolute atomic E-state index is 12.4. The Labute approximate surface area is 130 Å². The molecule has 22 heavy (non-hydrogen) atoms. The number of thiophene rings is 1. The van der Waals surface area contributed by atoms with Crippen LogP contribution < -0.4 is 11.3 Å². The van der Waals surface area contributed by atoms with Crippen LogP contribution in [0.1, 0.15) is 29.1 Å². The lowest BCUT2D eigenvalue weighted by Crippen LogP contribution is -2.26. The second-order valence-corrected chi connectivity index (χ2v) is 6.35. The number of hydrogen-bond donors (Lipinski definition) is 1. The number of carbonyl (C=O) groups excluding carboxylic acids is 2. The molecule has 0 atom stereocenters. The Bertz CT molecular complexity index is 791. The highest BCUT2D eigenvalue weighted by atomic mass is 32.1. The van der Waals surface area contributed by atoms with E-state index in [1.807, 2.05) is 13.8 Å². The number of fused-ring (bicyclic) bond motifs is 1. The first-order chi connectivity index (χ1) is 10.3. The van der Waals surface area contributed by atoms with Crippen molar-refractivity contribution in [3.63, 3.8) is 0 Å². The number of nitrogens with zero attached hydrogens (tertiary/aromatic N) is 2. The number of nitrogens with two attached hydrogens (primary N) is 1. The van der Waals surface area contributed by atoms with E-state index >= 15 is 0 Å². The molecule has 1 amide bonds. The van der Waals surface area contributed by atoms with Crippen LogP contribution in [0.2, 0.25) is 0 Å². The molecule has 0 radical (unpaired) electrons. The second-order valence-electron chi connectivity index (χ2n) is 5.36. The van der Waals surface area contributed by atoms with E-state index in [4.69, 9.17) is 10.5 Å². The van der Waals surface area contributed by atoms with Gasteiger partial charge in [0.15, 0.2) is 0 Å². The number of aromatic nitrogens is 2. The molecule has 2 aromatic heterocycles. The van der Waals surface area contributed by atoms with E-state index in [0.29, 0.717) is 27.3 Å². The minimum absolute atomic E-state index is 0.213. The van der Waals surface area contributed by atoms with Gasteiger partial charge in [0.25, 0.3) is 11.5 Å². The Balaban J connectivity index is 2.35. The van der Waals surface area contributed by atoms with Gasteiger partial charge in [-0.25, -0.2) is 4.98 Å². The summed E-state index contributed by atoms with van der Waals surface area (Å²) in [5, 5.41) is 0.318. The number of primary amides is 1. The lowest BCUT2D eigenvalue weighted by molar-refractivity contribution is -0.145. The summed E-state index contributed by atoms with van der Waals surface area (Å²) < 4.78 is 6.23. The highest BCUT2D eigenvalue weighted by Gasteiger charge is 2.18. The molecule has 0 spiro atoms. The number of rotatable bonds is 5. The molecule has 118 valence electrons. The van der Waals surface area contributed by atoms with Gasteiger partial charge in [0, 0.05) is 0 Å². The first-order valence-corrected chi connectivity index (χ1v) is 7.56. The smallest absolute Gasteiger partial charge is 0.326 e. The minimum atomic E-state index is -0.595. The van der Waals surface area contributed by atoms with Crippen LogP contribution in [0.25, 0.3) is 10.2 Å². The summed E-state index contributed by atoms with van der Waals surface area (Å²) in [6.07, 6.45) is 1.28. The third kappa shape index (κ3) is 3.16. The van der Waals surface area contributed by atoms with Crippen LogP contribution in [0.5, 0.6) is 0 Å². The monoisotopic (exact) mass is 323 g/mol. The predicted molar refractivity (Wildman–Crippen MR) is 82.9 cm³/mol. The van der Waals surface area contributed by atoms with Crippen molar-refractivity contribution >= 4 is 33.4 Å². The third-order valence-electron chi connectivity index (χ3n) is 3.02. The fraction of sp³-hybridized carbons (Fsp3) is 0.429. The molecule has 7 nitrogen and oxygen atoms in total. The Morgan fingerprint density at radius 3 is 2.73 bits per heavy atom. The van der Waals surface area contributed by atoms with E-state index in [2.05, 4.69) is 4.98 Å². The van der Waals surface area contributed by atoms with Gasteiger partial charge in [-0.15, -0.1) is 11.3 Å². The molecule has 0 aliphatic rings. The maximum atomic E-state index is 12.4. The summed E-state index contributed by atoms with van der Waals surface area (Å²) in [5.74, 6) is -0.874. The van der Waals surface area contributed by atoms with Crippen LogP contribution in [0.15, 0.2) is 11.1 Å². The van der Waals surface area contributed by atoms with E-state index in [0.717, 1.165) is 11.3 Å². The zero-order chi connectivity index (χ0) is 16.4. The van der Waals surface area contributed by atoms with Crippen LogP contribution in [-0.2, 0) is 16.1 Å². The van der Waals surface area contributed by atoms with Crippen molar-refractivity contribution in [1.82, 2.24) is 9.55 Å². The predicted octanol–water partition coefficient (Wildman–Crippen LogP) is 1.06. The van der Waals surface area contributed by atoms with E-state index in [9.17, 15) is 14.4 Å². The van der Waals surface area contributed by atoms with Gasteiger partial charge >= 0.3 is 5.97 Å². The fourth-order valence-corrected chi connectivity index (χ4v) is 2.94. The summed E-state index contributed by atoms with van der Waals surface area (Å²) in [6, 6.07) is 0. The van der Waals surface area contributed by atoms with Gasteiger partial charge in [0.05, 0.1) is 23.2 Å². The summed E-state index contributed by atoms with van der Waals surface area (Å²) in [4.78, 5) is 40.3. The largest absolute Gasteiger partial charge is 0.464 e. The van der Waals surface area contributed by atoms with Gasteiger partial charge in [0.2, 0.25) is 0 Å². The van der Waals surface area contributed by atoms with Gasteiger partial charge < -0.3 is 10.5 Å². The van der Waals surface area contributed by atoms with Gasteiger partial charge in [0.1, 0.15) is 11.4 Å². The number of amides is 1. The van der Waals surface area contributed by atoms with Gasteiger partial charge in [-0.3, -0.25) is 19.0 Å². The molecule has 2 aromatic rings. The van der Waals surface area contributed by atoms with Crippen molar-refractivity contribution in [2.45, 2.75) is 27.3 Å². The van der Waals surface area contributed by atoms with Crippen molar-refractivity contribution in [3.8, 4) is 0 Å². The quantitative estimate of drug-likeness (QED) is 0.829. The van der Waals surface area contributed by atoms with Crippen molar-refractivity contribution in [3.05, 3.63) is 27.1 Å². The maximum Gasteiger partial charge on any atom is 0.326 e. The molecule has 0 fully saturated rings. The van der Waals surface area contributed by atoms with E-state index < -0.39 is 11.9 Å². The number of aryl methyl sites for hydroxylation is 1. The summed E-state index contributed by atoms with van der Waals surface area (Å²) in [7, 11) is 0. The van der Waals surface area contributed by atoms with E-state index in [-0.39, 0.29) is 18.0 Å². The van der Waals surface area contributed by atoms with Gasteiger partial charge in [-0.2, -0.15) is 0 Å². The van der Waals surface area contributed by atoms with Gasteiger partial charge in [-0.05, 0) is 18.4 Å². The summed E-state index contributed by atoms with van der Waals surface area (Å²) >= 11 is 1.07. The Morgan fingerprint density at radius 2 is 2.14 bits per heavy atom. The van der Waals surface area contributed by atoms with Crippen molar-refractivity contribution in [1.29, 1.82) is 0 Å². The summed E-state index contributed by atoms with van der Waals surface area (Å²) in [5.41, 5.74) is 5.39. The first kappa shape index (κ1) is 16.2. The standard InChI is InChI=1S/C14H17N3O4S/c1-7(2)5-21-9(18)4-17-6-16-13-10(14(17)20)8(3)11(22-13)12(15)19/h6-7H,4-5H2,1-3H3,(H2,15,19). The number of esters is 1. The molecule has 0 aliphatic carbocycles. The molecule has 0 bridgehead atoms. The molecule has 2 rings (SSSR count). The summed E-state index contributed by atoms with van der Waals surface area (Å²) in [6.45, 7) is 5.58. The van der Waals surface area contributed by atoms with Gasteiger partial charge in [-0.1, -0.05) is 13.8 Å². The third-order valence-corrected chi connectivity index (χ3v) is 4.23. The average Bonchev–Trinajstić information content (AvgIpc) is 2.78. The molecule has 0 unspecified atom stereocenters. The highest BCUT2D eigenvalue weighted by molar-refractivity contribution is 7.20. The van der Waals surface area contributed by atoms with Crippen LogP contribution in [0.3, 0.4) is 0 Å². The zero-order valence-corrected chi connectivity index (χ0v) is 13.4. The normalized spacial score (nSPS) is 11.1. The average molecular weight is 323 g/mol. The zero-order valence-electron chi connectivity index (χ0n) is 12.6. The van der Waals surface area contributed by atoms with Crippen molar-refractivity contribution < 1.29 is 14.3 Å². The Morgan fingerprint density at radius 1 is 1.45 bits per heavy atom. The molecule has 0 saturated heterocycles. The lowest BCUT2D eigenvalue weighted by atomic mass is 10.2. The molecule has 2 N–H and O–H groups in total. The van der Waals surface area contributed by atoms with E-state index in [1.54, 1.807) is 6.92 Å². The first-order valence-electron chi connectivity index (χ1n) is 6.75. The fourth-order valence-electron chi connectivity index (χ4n) is 1.95. The molecular weight excluding hydrogens is 306 g/mol. The second kappa shape index (κ2) is 6.27. The lowest BCUT2D eigenvalue weighted by Gasteiger charge is -2.08. The van der Waals surface area contributed by atoms with Crippen LogP contribution >= 0.6 is 11.3 Å². The number of carbonyl (C=O) groups is 2. The molecular formula is C14H17N3O4S. The molecule has 8 heteroatoms. The van der Waals surface area contributed by atoms with Crippen molar-refractivity contribution in [2.24, 2.45) is 11.7 Å². The molecule has 0 aliphatic heterocycles.